The molecule has 1 heterocycles. The van der Waals surface area contributed by atoms with E-state index in [-0.39, 0.29) is 6.10 Å². The van der Waals surface area contributed by atoms with Gasteiger partial charge in [0.05, 0.1) is 26.4 Å². The highest BCUT2D eigenvalue weighted by molar-refractivity contribution is 6.32. The molecule has 218 valence electrons. The lowest BCUT2D eigenvalue weighted by atomic mass is 9.89. The number of rotatable bonds is 11. The maximum absolute atomic E-state index is 7.06. The van der Waals surface area contributed by atoms with Gasteiger partial charge >= 0.3 is 0 Å². The van der Waals surface area contributed by atoms with E-state index in [1.54, 1.807) is 7.11 Å². The summed E-state index contributed by atoms with van der Waals surface area (Å²) in [6.07, 6.45) is 6.61. The molecule has 0 N–H and O–H groups in total. The van der Waals surface area contributed by atoms with Gasteiger partial charge in [-0.1, -0.05) is 90.5 Å². The highest BCUT2D eigenvalue weighted by Crippen LogP contribution is 2.44. The zero-order valence-electron chi connectivity index (χ0n) is 24.3. The molecule has 1 aliphatic carbocycles. The number of fused-ring (bicyclic) bond motifs is 1. The summed E-state index contributed by atoms with van der Waals surface area (Å²) in [6.45, 7) is 1.37. The summed E-state index contributed by atoms with van der Waals surface area (Å²) < 4.78 is 25.3. The van der Waals surface area contributed by atoms with Crippen LogP contribution in [-0.4, -0.2) is 19.5 Å². The Hall–Kier alpha value is -3.15. The van der Waals surface area contributed by atoms with E-state index in [2.05, 4.69) is 42.5 Å². The van der Waals surface area contributed by atoms with Crippen LogP contribution in [0.4, 0.5) is 0 Å². The van der Waals surface area contributed by atoms with E-state index in [1.165, 1.54) is 22.3 Å². The minimum absolute atomic E-state index is 0.0754. The van der Waals surface area contributed by atoms with Crippen molar-refractivity contribution < 1.29 is 18.9 Å². The Balaban J connectivity index is 1.27. The van der Waals surface area contributed by atoms with Gasteiger partial charge in [-0.2, -0.15) is 0 Å². The lowest BCUT2D eigenvalue weighted by molar-refractivity contribution is -0.307. The smallest absolute Gasteiger partial charge is 0.192 e. The van der Waals surface area contributed by atoms with Gasteiger partial charge in [-0.3, -0.25) is 0 Å². The molecule has 4 nitrogen and oxygen atoms in total. The Morgan fingerprint density at radius 1 is 0.810 bits per heavy atom. The summed E-state index contributed by atoms with van der Waals surface area (Å²) in [6, 6.07) is 31.1. The molecule has 1 saturated heterocycles. The van der Waals surface area contributed by atoms with E-state index in [0.29, 0.717) is 19.8 Å². The average Bonchev–Trinajstić information content (AvgIpc) is 3.54. The maximum Gasteiger partial charge on any atom is 0.192 e. The minimum Gasteiger partial charge on any atom is -0.497 e. The van der Waals surface area contributed by atoms with Crippen molar-refractivity contribution in [3.8, 4) is 5.75 Å². The van der Waals surface area contributed by atoms with E-state index in [1.807, 2.05) is 48.5 Å². The summed E-state index contributed by atoms with van der Waals surface area (Å²) in [5.74, 6) is 0.0332. The van der Waals surface area contributed by atoms with Crippen LogP contribution in [0.5, 0.6) is 5.75 Å². The van der Waals surface area contributed by atoms with E-state index < -0.39 is 5.79 Å². The monoisotopic (exact) mass is 582 g/mol. The van der Waals surface area contributed by atoms with Gasteiger partial charge in [0.15, 0.2) is 5.79 Å². The largest absolute Gasteiger partial charge is 0.497 e. The van der Waals surface area contributed by atoms with E-state index in [9.17, 15) is 0 Å². The van der Waals surface area contributed by atoms with Crippen LogP contribution < -0.4 is 4.74 Å². The summed E-state index contributed by atoms with van der Waals surface area (Å²) in [5, 5.41) is 0.913. The lowest BCUT2D eigenvalue weighted by Crippen LogP contribution is -2.44. The molecule has 2 aliphatic rings. The van der Waals surface area contributed by atoms with Gasteiger partial charge in [0.1, 0.15) is 12.4 Å². The predicted molar refractivity (Wildman–Crippen MR) is 167 cm³/mol. The number of ether oxygens (including phenoxy) is 4. The first-order valence-electron chi connectivity index (χ1n) is 15.1. The average molecular weight is 583 g/mol. The number of hydrogen-bond acceptors (Lipinski definition) is 4. The van der Waals surface area contributed by atoms with E-state index in [4.69, 9.17) is 30.5 Å². The van der Waals surface area contributed by atoms with Crippen LogP contribution in [0.2, 0.25) is 5.02 Å². The molecule has 4 aromatic rings. The number of hydrogen-bond donors (Lipinski definition) is 0. The third-order valence-electron chi connectivity index (χ3n) is 8.50. The molecule has 0 radical (unpaired) electrons. The fraction of sp³-hybridized carbons (Fsp3) is 0.351. The van der Waals surface area contributed by atoms with Crippen LogP contribution in [0.15, 0.2) is 91.0 Å². The molecular weight excluding hydrogens is 544 g/mol. The SMILES string of the molecule is COc1ccc(Cc2cc(C3CCCC(COCc4ccccc4)(OCc4ccccc4)O3)c3c(c2Cl)CCC3)cc1. The van der Waals surface area contributed by atoms with Gasteiger partial charge in [0, 0.05) is 11.4 Å². The van der Waals surface area contributed by atoms with Gasteiger partial charge in [-0.25, -0.2) is 0 Å². The van der Waals surface area contributed by atoms with Gasteiger partial charge < -0.3 is 18.9 Å². The fourth-order valence-corrected chi connectivity index (χ4v) is 6.64. The molecule has 2 atom stereocenters. The number of methoxy groups -OCH3 is 1. The van der Waals surface area contributed by atoms with Crippen molar-refractivity contribution in [1.82, 2.24) is 0 Å². The van der Waals surface area contributed by atoms with Crippen LogP contribution in [0.25, 0.3) is 0 Å². The Bertz CT molecular complexity index is 1460. The highest BCUT2D eigenvalue weighted by atomic mass is 35.5. The first kappa shape index (κ1) is 28.9. The lowest BCUT2D eigenvalue weighted by Gasteiger charge is -2.41. The topological polar surface area (TPSA) is 36.9 Å². The van der Waals surface area contributed by atoms with Gasteiger partial charge in [0.25, 0.3) is 0 Å². The Labute approximate surface area is 254 Å². The quantitative estimate of drug-likeness (QED) is 0.177. The molecule has 0 bridgehead atoms. The molecule has 1 aliphatic heterocycles. The summed E-state index contributed by atoms with van der Waals surface area (Å²) >= 11 is 7.06. The number of halogens is 1. The van der Waals surface area contributed by atoms with Crippen molar-refractivity contribution in [1.29, 1.82) is 0 Å². The van der Waals surface area contributed by atoms with Crippen molar-refractivity contribution in [2.24, 2.45) is 0 Å². The van der Waals surface area contributed by atoms with Gasteiger partial charge in [-0.15, -0.1) is 0 Å². The number of benzene rings is 4. The molecule has 0 saturated carbocycles. The van der Waals surface area contributed by atoms with Crippen LogP contribution in [0.1, 0.15) is 70.7 Å². The summed E-state index contributed by atoms with van der Waals surface area (Å²) in [7, 11) is 1.69. The molecule has 4 aromatic carbocycles. The molecule has 1 fully saturated rings. The second kappa shape index (κ2) is 13.4. The molecule has 5 heteroatoms. The third-order valence-corrected chi connectivity index (χ3v) is 8.97. The fourth-order valence-electron chi connectivity index (χ4n) is 6.31. The van der Waals surface area contributed by atoms with Crippen LogP contribution >= 0.6 is 11.6 Å². The first-order chi connectivity index (χ1) is 20.6. The molecular formula is C37H39ClO4. The van der Waals surface area contributed by atoms with Crippen LogP contribution in [0, 0.1) is 0 Å². The van der Waals surface area contributed by atoms with Gasteiger partial charge in [0.2, 0.25) is 0 Å². The van der Waals surface area contributed by atoms with Crippen molar-refractivity contribution in [2.45, 2.75) is 70.1 Å². The van der Waals surface area contributed by atoms with Crippen molar-refractivity contribution in [2.75, 3.05) is 13.7 Å². The minimum atomic E-state index is -0.825. The van der Waals surface area contributed by atoms with Gasteiger partial charge in [-0.05, 0) is 89.6 Å². The first-order valence-corrected chi connectivity index (χ1v) is 15.4. The van der Waals surface area contributed by atoms with Crippen LogP contribution in [-0.2, 0) is 46.7 Å². The highest BCUT2D eigenvalue weighted by Gasteiger charge is 2.41. The zero-order valence-corrected chi connectivity index (χ0v) is 25.1. The second-order valence-electron chi connectivity index (χ2n) is 11.4. The normalized spacial score (nSPS) is 19.9. The van der Waals surface area contributed by atoms with Crippen molar-refractivity contribution >= 4 is 11.6 Å². The Morgan fingerprint density at radius 3 is 2.21 bits per heavy atom. The van der Waals surface area contributed by atoms with Crippen molar-refractivity contribution in [3.05, 3.63) is 135 Å². The van der Waals surface area contributed by atoms with Crippen LogP contribution in [0.3, 0.4) is 0 Å². The van der Waals surface area contributed by atoms with E-state index in [0.717, 1.165) is 72.4 Å². The molecule has 0 spiro atoms. The second-order valence-corrected chi connectivity index (χ2v) is 11.8. The summed E-state index contributed by atoms with van der Waals surface area (Å²) in [5.41, 5.74) is 8.56. The molecule has 2 unspecified atom stereocenters. The Kier molecular flexibility index (Phi) is 9.26. The van der Waals surface area contributed by atoms with E-state index >= 15 is 0 Å². The zero-order chi connectivity index (χ0) is 28.8. The molecule has 42 heavy (non-hydrogen) atoms. The Morgan fingerprint density at radius 2 is 1.50 bits per heavy atom. The predicted octanol–water partition coefficient (Wildman–Crippen LogP) is 8.80. The standard InChI is InChI=1S/C37H39ClO4/c1-39-31-19-17-27(18-20-31)22-30-23-34(32-14-8-15-33(32)36(30)38)35-16-9-21-37(42-35,41-25-29-12-6-3-7-13-29)26-40-24-28-10-4-2-5-11-28/h2-7,10-13,17-20,23,35H,8-9,14-16,21-22,24-26H2,1H3. The van der Waals surface area contributed by atoms with Crippen molar-refractivity contribution in [3.63, 3.8) is 0 Å². The molecule has 6 rings (SSSR count). The third kappa shape index (κ3) is 6.74. The molecule has 0 aromatic heterocycles. The maximum atomic E-state index is 7.06. The molecule has 0 amide bonds. The summed E-state index contributed by atoms with van der Waals surface area (Å²) in [4.78, 5) is 0.